The Kier molecular flexibility index (Phi) is 4.06. The molecule has 0 bridgehead atoms. The third kappa shape index (κ3) is 3.47. The number of likely N-dealkylation sites (tertiary alicyclic amines) is 1. The van der Waals surface area contributed by atoms with E-state index in [1.165, 1.54) is 0 Å². The lowest BCUT2D eigenvalue weighted by atomic mass is 10.2. The van der Waals surface area contributed by atoms with Gasteiger partial charge in [0.2, 0.25) is 5.91 Å². The smallest absolute Gasteiger partial charge is 0.225 e. The van der Waals surface area contributed by atoms with E-state index in [4.69, 9.17) is 11.5 Å². The van der Waals surface area contributed by atoms with Gasteiger partial charge in [-0.15, -0.1) is 0 Å². The zero-order valence-electron chi connectivity index (χ0n) is 10.6. The minimum Gasteiger partial charge on any atom is -0.386 e. The van der Waals surface area contributed by atoms with Gasteiger partial charge in [0.25, 0.3) is 0 Å². The molecule has 0 radical (unpaired) electrons. The molecule has 7 heteroatoms. The van der Waals surface area contributed by atoms with Gasteiger partial charge in [0.05, 0.1) is 12.5 Å². The van der Waals surface area contributed by atoms with E-state index in [1.54, 1.807) is 23.2 Å². The van der Waals surface area contributed by atoms with E-state index in [0.717, 1.165) is 6.42 Å². The number of aromatic amines is 1. The molecule has 1 aromatic rings. The summed E-state index contributed by atoms with van der Waals surface area (Å²) in [4.78, 5) is 20.6. The standard InChI is InChI=1S/C12H19N5O2/c13-12(14)16-8-3-5-17(7-8)11(19)6-10(18)9-2-1-4-15-9/h1-2,4,8,10,15,18H,3,5-7H2,(H4,13,14,16). The molecule has 2 unspecified atom stereocenters. The molecule has 1 saturated heterocycles. The van der Waals surface area contributed by atoms with Crippen LogP contribution in [0, 0.1) is 0 Å². The summed E-state index contributed by atoms with van der Waals surface area (Å²) in [6, 6.07) is 3.51. The summed E-state index contributed by atoms with van der Waals surface area (Å²) in [7, 11) is 0. The first-order valence-corrected chi connectivity index (χ1v) is 6.24. The molecule has 1 aliphatic heterocycles. The van der Waals surface area contributed by atoms with Crippen LogP contribution in [0.2, 0.25) is 0 Å². The maximum absolute atomic E-state index is 12.0. The highest BCUT2D eigenvalue weighted by Gasteiger charge is 2.27. The molecule has 0 aliphatic carbocycles. The van der Waals surface area contributed by atoms with E-state index in [-0.39, 0.29) is 24.3 Å². The predicted octanol–water partition coefficient (Wildman–Crippen LogP) is -0.687. The van der Waals surface area contributed by atoms with Crippen LogP contribution in [-0.4, -0.2) is 46.0 Å². The summed E-state index contributed by atoms with van der Waals surface area (Å²) in [5.74, 6) is -0.0406. The van der Waals surface area contributed by atoms with Crippen molar-refractivity contribution in [3.63, 3.8) is 0 Å². The number of aliphatic imine (C=N–C) groups is 1. The lowest BCUT2D eigenvalue weighted by Gasteiger charge is -2.17. The van der Waals surface area contributed by atoms with Crippen molar-refractivity contribution in [1.29, 1.82) is 0 Å². The quantitative estimate of drug-likeness (QED) is 0.425. The van der Waals surface area contributed by atoms with E-state index in [9.17, 15) is 9.90 Å². The van der Waals surface area contributed by atoms with Gasteiger partial charge in [0, 0.05) is 25.0 Å². The molecule has 1 fully saturated rings. The second-order valence-corrected chi connectivity index (χ2v) is 4.68. The van der Waals surface area contributed by atoms with Gasteiger partial charge >= 0.3 is 0 Å². The van der Waals surface area contributed by atoms with Crippen molar-refractivity contribution in [2.75, 3.05) is 13.1 Å². The van der Waals surface area contributed by atoms with E-state index in [0.29, 0.717) is 18.8 Å². The summed E-state index contributed by atoms with van der Waals surface area (Å²) in [5, 5.41) is 9.91. The third-order valence-corrected chi connectivity index (χ3v) is 3.20. The molecule has 0 spiro atoms. The molecule has 2 heterocycles. The molecule has 19 heavy (non-hydrogen) atoms. The number of H-pyrrole nitrogens is 1. The van der Waals surface area contributed by atoms with E-state index < -0.39 is 6.10 Å². The Morgan fingerprint density at radius 3 is 3.05 bits per heavy atom. The molecule has 2 rings (SSSR count). The van der Waals surface area contributed by atoms with Gasteiger partial charge < -0.3 is 26.5 Å². The van der Waals surface area contributed by atoms with Gasteiger partial charge in [0.1, 0.15) is 6.10 Å². The van der Waals surface area contributed by atoms with Gasteiger partial charge in [-0.1, -0.05) is 0 Å². The zero-order chi connectivity index (χ0) is 13.8. The molecule has 1 aromatic heterocycles. The highest BCUT2D eigenvalue weighted by Crippen LogP contribution is 2.19. The number of aliphatic hydroxyl groups is 1. The number of nitrogens with zero attached hydrogens (tertiary/aromatic N) is 2. The second-order valence-electron chi connectivity index (χ2n) is 4.68. The fourth-order valence-electron chi connectivity index (χ4n) is 2.24. The Bertz CT molecular complexity index is 453. The molecule has 1 amide bonds. The highest BCUT2D eigenvalue weighted by atomic mass is 16.3. The zero-order valence-corrected chi connectivity index (χ0v) is 10.6. The molecule has 0 saturated carbocycles. The number of guanidine groups is 1. The van der Waals surface area contributed by atoms with Crippen molar-refractivity contribution >= 4 is 11.9 Å². The van der Waals surface area contributed by atoms with Gasteiger partial charge in [-0.25, -0.2) is 4.99 Å². The first-order chi connectivity index (χ1) is 9.06. The average Bonchev–Trinajstić information content (AvgIpc) is 2.97. The van der Waals surface area contributed by atoms with Crippen LogP contribution in [0.4, 0.5) is 0 Å². The average molecular weight is 265 g/mol. The lowest BCUT2D eigenvalue weighted by molar-refractivity contribution is -0.132. The number of amides is 1. The molecule has 2 atom stereocenters. The summed E-state index contributed by atoms with van der Waals surface area (Å²) in [6.07, 6.45) is 1.73. The van der Waals surface area contributed by atoms with Crippen LogP contribution in [0.5, 0.6) is 0 Å². The van der Waals surface area contributed by atoms with E-state index in [1.807, 2.05) is 0 Å². The Morgan fingerprint density at radius 2 is 2.42 bits per heavy atom. The van der Waals surface area contributed by atoms with E-state index >= 15 is 0 Å². The van der Waals surface area contributed by atoms with Crippen molar-refractivity contribution in [1.82, 2.24) is 9.88 Å². The lowest BCUT2D eigenvalue weighted by Crippen LogP contribution is -2.31. The number of nitrogens with two attached hydrogens (primary N) is 2. The molecule has 6 N–H and O–H groups in total. The van der Waals surface area contributed by atoms with Crippen LogP contribution in [0.3, 0.4) is 0 Å². The largest absolute Gasteiger partial charge is 0.386 e. The van der Waals surface area contributed by atoms with Gasteiger partial charge in [-0.2, -0.15) is 0 Å². The van der Waals surface area contributed by atoms with Crippen LogP contribution < -0.4 is 11.5 Å². The van der Waals surface area contributed by atoms with Gasteiger partial charge in [-0.05, 0) is 18.6 Å². The maximum Gasteiger partial charge on any atom is 0.225 e. The normalized spacial score (nSPS) is 20.3. The number of rotatable bonds is 4. The number of nitrogens with one attached hydrogen (secondary N) is 1. The number of aliphatic hydroxyl groups excluding tert-OH is 1. The van der Waals surface area contributed by atoms with Crippen LogP contribution in [0.25, 0.3) is 0 Å². The SMILES string of the molecule is NC(N)=NC1CCN(C(=O)CC(O)c2ccc[nH]2)C1. The van der Waals surface area contributed by atoms with Crippen molar-refractivity contribution in [3.8, 4) is 0 Å². The maximum atomic E-state index is 12.0. The van der Waals surface area contributed by atoms with Gasteiger partial charge in [-0.3, -0.25) is 4.79 Å². The van der Waals surface area contributed by atoms with Crippen LogP contribution in [0.1, 0.15) is 24.6 Å². The minimum atomic E-state index is -0.801. The molecular formula is C12H19N5O2. The Hall–Kier alpha value is -2.02. The van der Waals surface area contributed by atoms with Crippen molar-refractivity contribution < 1.29 is 9.90 Å². The number of hydrogen-bond donors (Lipinski definition) is 4. The van der Waals surface area contributed by atoms with Crippen molar-refractivity contribution in [2.45, 2.75) is 25.0 Å². The monoisotopic (exact) mass is 265 g/mol. The molecule has 104 valence electrons. The third-order valence-electron chi connectivity index (χ3n) is 3.20. The number of hydrogen-bond acceptors (Lipinski definition) is 3. The molecule has 7 nitrogen and oxygen atoms in total. The number of carbonyl (C=O) groups excluding carboxylic acids is 1. The van der Waals surface area contributed by atoms with Crippen molar-refractivity contribution in [2.24, 2.45) is 16.5 Å². The topological polar surface area (TPSA) is 121 Å². The fraction of sp³-hybridized carbons (Fsp3) is 0.500. The number of aromatic nitrogens is 1. The summed E-state index contributed by atoms with van der Waals surface area (Å²) in [6.45, 7) is 1.13. The Balaban J connectivity index is 1.86. The first kappa shape index (κ1) is 13.4. The summed E-state index contributed by atoms with van der Waals surface area (Å²) in [5.41, 5.74) is 11.3. The summed E-state index contributed by atoms with van der Waals surface area (Å²) < 4.78 is 0. The molecule has 1 aliphatic rings. The van der Waals surface area contributed by atoms with Crippen LogP contribution in [-0.2, 0) is 4.79 Å². The highest BCUT2D eigenvalue weighted by molar-refractivity contribution is 5.78. The molecular weight excluding hydrogens is 246 g/mol. The molecule has 0 aromatic carbocycles. The van der Waals surface area contributed by atoms with Crippen molar-refractivity contribution in [3.05, 3.63) is 24.0 Å². The van der Waals surface area contributed by atoms with E-state index in [2.05, 4.69) is 9.98 Å². The Morgan fingerprint density at radius 1 is 1.63 bits per heavy atom. The van der Waals surface area contributed by atoms with Gasteiger partial charge in [0.15, 0.2) is 5.96 Å². The Labute approximate surface area is 111 Å². The first-order valence-electron chi connectivity index (χ1n) is 6.24. The fourth-order valence-corrected chi connectivity index (χ4v) is 2.24. The van der Waals surface area contributed by atoms with Crippen LogP contribution in [0.15, 0.2) is 23.3 Å². The predicted molar refractivity (Wildman–Crippen MR) is 71.2 cm³/mol. The number of carbonyl (C=O) groups is 1. The summed E-state index contributed by atoms with van der Waals surface area (Å²) >= 11 is 0. The second kappa shape index (κ2) is 5.75. The minimum absolute atomic E-state index is 0.0309. The van der Waals surface area contributed by atoms with Crippen LogP contribution >= 0.6 is 0 Å².